The summed E-state index contributed by atoms with van der Waals surface area (Å²) in [5.41, 5.74) is 6.12. The molecule has 2 fully saturated rings. The summed E-state index contributed by atoms with van der Waals surface area (Å²) in [7, 11) is 0. The molecular weight excluding hydrogens is 214 g/mol. The van der Waals surface area contributed by atoms with Gasteiger partial charge in [-0.2, -0.15) is 0 Å². The molecule has 1 saturated carbocycles. The van der Waals surface area contributed by atoms with E-state index in [9.17, 15) is 0 Å². The first-order valence-electron chi connectivity index (χ1n) is 7.05. The van der Waals surface area contributed by atoms with Crippen LogP contribution in [0.25, 0.3) is 0 Å². The summed E-state index contributed by atoms with van der Waals surface area (Å²) in [6.07, 6.45) is 5.13. The Balaban J connectivity index is 1.53. The van der Waals surface area contributed by atoms with Crippen LogP contribution in [0.1, 0.15) is 25.7 Å². The van der Waals surface area contributed by atoms with E-state index in [0.717, 1.165) is 45.9 Å². The summed E-state index contributed by atoms with van der Waals surface area (Å²) in [5, 5.41) is 4.68. The summed E-state index contributed by atoms with van der Waals surface area (Å²) in [6.45, 7) is 6.93. The third kappa shape index (κ3) is 4.54. The first kappa shape index (κ1) is 13.3. The zero-order valence-corrected chi connectivity index (χ0v) is 10.8. The minimum absolute atomic E-state index is 0.399. The number of nitrogens with two attached hydrogens (primary N) is 1. The van der Waals surface area contributed by atoms with Crippen molar-refractivity contribution in [3.63, 3.8) is 0 Å². The van der Waals surface area contributed by atoms with Crippen LogP contribution in [0.5, 0.6) is 0 Å². The van der Waals surface area contributed by atoms with Crippen molar-refractivity contribution in [3.8, 4) is 0 Å². The molecule has 2 atom stereocenters. The van der Waals surface area contributed by atoms with Crippen molar-refractivity contribution in [2.45, 2.75) is 31.7 Å². The second-order valence-electron chi connectivity index (χ2n) is 5.29. The fraction of sp³-hybridized carbons (Fsp3) is 1.00. The molecule has 2 rings (SSSR count). The van der Waals surface area contributed by atoms with Crippen molar-refractivity contribution in [1.82, 2.24) is 10.2 Å². The minimum atomic E-state index is 0.399. The highest BCUT2D eigenvalue weighted by Crippen LogP contribution is 2.22. The maximum atomic E-state index is 6.12. The van der Waals surface area contributed by atoms with Crippen molar-refractivity contribution in [3.05, 3.63) is 0 Å². The molecule has 0 bridgehead atoms. The van der Waals surface area contributed by atoms with Gasteiger partial charge in [0.2, 0.25) is 0 Å². The fourth-order valence-electron chi connectivity index (χ4n) is 2.76. The normalized spacial score (nSPS) is 31.6. The molecule has 1 aliphatic heterocycles. The summed E-state index contributed by atoms with van der Waals surface area (Å²) in [6, 6.07) is 0.399. The van der Waals surface area contributed by atoms with Gasteiger partial charge in [-0.15, -0.1) is 0 Å². The molecule has 1 heterocycles. The average molecular weight is 240 g/mol. The highest BCUT2D eigenvalue weighted by Gasteiger charge is 2.21. The van der Waals surface area contributed by atoms with Gasteiger partial charge in [-0.25, -0.2) is 5.32 Å². The molecule has 1 saturated heterocycles. The average Bonchev–Trinajstić information content (AvgIpc) is 2.38. The lowest BCUT2D eigenvalue weighted by Crippen LogP contribution is -2.41. The number of hydrogen-bond donors (Lipinski definition) is 1. The van der Waals surface area contributed by atoms with Crippen LogP contribution in [0, 0.1) is 5.92 Å². The number of ether oxygens (including phenoxy) is 1. The van der Waals surface area contributed by atoms with Gasteiger partial charge >= 0.3 is 0 Å². The molecule has 2 N–H and O–H groups in total. The molecule has 1 radical (unpaired) electrons. The predicted octanol–water partition coefficient (Wildman–Crippen LogP) is 0.441. The Hall–Kier alpha value is -0.160. The Kier molecular flexibility index (Phi) is 5.71. The first-order chi connectivity index (χ1) is 8.36. The van der Waals surface area contributed by atoms with Crippen LogP contribution < -0.4 is 11.1 Å². The Bertz CT molecular complexity index is 207. The van der Waals surface area contributed by atoms with Crippen LogP contribution in [0.15, 0.2) is 0 Å². The Morgan fingerprint density at radius 1 is 1.18 bits per heavy atom. The van der Waals surface area contributed by atoms with E-state index in [1.807, 2.05) is 0 Å². The maximum Gasteiger partial charge on any atom is 0.0594 e. The number of rotatable bonds is 5. The predicted molar refractivity (Wildman–Crippen MR) is 69.1 cm³/mol. The van der Waals surface area contributed by atoms with Crippen LogP contribution in [-0.4, -0.2) is 56.9 Å². The third-order valence-electron chi connectivity index (χ3n) is 4.01. The smallest absolute Gasteiger partial charge is 0.0594 e. The molecule has 0 aromatic carbocycles. The van der Waals surface area contributed by atoms with Gasteiger partial charge in [0.05, 0.1) is 13.2 Å². The van der Waals surface area contributed by atoms with Gasteiger partial charge in [0.25, 0.3) is 0 Å². The fourth-order valence-corrected chi connectivity index (χ4v) is 2.76. The molecule has 0 unspecified atom stereocenters. The molecule has 4 nitrogen and oxygen atoms in total. The van der Waals surface area contributed by atoms with Gasteiger partial charge in [-0.05, 0) is 18.8 Å². The highest BCUT2D eigenvalue weighted by atomic mass is 16.5. The van der Waals surface area contributed by atoms with Crippen molar-refractivity contribution in [2.24, 2.45) is 11.7 Å². The second kappa shape index (κ2) is 7.31. The molecule has 0 spiro atoms. The van der Waals surface area contributed by atoms with E-state index in [2.05, 4.69) is 10.2 Å². The Labute approximate surface area is 105 Å². The van der Waals surface area contributed by atoms with Gasteiger partial charge < -0.3 is 10.5 Å². The first-order valence-corrected chi connectivity index (χ1v) is 7.05. The second-order valence-corrected chi connectivity index (χ2v) is 5.29. The van der Waals surface area contributed by atoms with E-state index in [-0.39, 0.29) is 0 Å². The maximum absolute atomic E-state index is 6.12. The van der Waals surface area contributed by atoms with Crippen LogP contribution in [-0.2, 0) is 4.74 Å². The molecule has 0 aromatic heterocycles. The van der Waals surface area contributed by atoms with E-state index in [4.69, 9.17) is 10.5 Å². The lowest BCUT2D eigenvalue weighted by molar-refractivity contribution is 0.0381. The van der Waals surface area contributed by atoms with E-state index in [1.165, 1.54) is 25.7 Å². The van der Waals surface area contributed by atoms with Crippen molar-refractivity contribution < 1.29 is 4.74 Å². The van der Waals surface area contributed by atoms with Gasteiger partial charge in [-0.1, -0.05) is 12.8 Å². The zero-order valence-electron chi connectivity index (χ0n) is 10.8. The van der Waals surface area contributed by atoms with E-state index in [0.29, 0.717) is 12.0 Å². The molecule has 2 aliphatic rings. The van der Waals surface area contributed by atoms with Crippen LogP contribution in [0.3, 0.4) is 0 Å². The summed E-state index contributed by atoms with van der Waals surface area (Å²) >= 11 is 0. The minimum Gasteiger partial charge on any atom is -0.379 e. The summed E-state index contributed by atoms with van der Waals surface area (Å²) in [5.74, 6) is 0.647. The van der Waals surface area contributed by atoms with Gasteiger partial charge in [-0.3, -0.25) is 4.90 Å². The van der Waals surface area contributed by atoms with Gasteiger partial charge in [0.1, 0.15) is 0 Å². The molecular formula is C13H26N3O. The number of hydrogen-bond acceptors (Lipinski definition) is 3. The third-order valence-corrected chi connectivity index (χ3v) is 4.01. The van der Waals surface area contributed by atoms with Crippen molar-refractivity contribution in [1.29, 1.82) is 0 Å². The van der Waals surface area contributed by atoms with E-state index < -0.39 is 0 Å². The van der Waals surface area contributed by atoms with Gasteiger partial charge in [0.15, 0.2) is 0 Å². The Morgan fingerprint density at radius 2 is 1.94 bits per heavy atom. The number of nitrogens with zero attached hydrogens (tertiary/aromatic N) is 2. The highest BCUT2D eigenvalue weighted by molar-refractivity contribution is 4.79. The van der Waals surface area contributed by atoms with Crippen molar-refractivity contribution >= 4 is 0 Å². The van der Waals surface area contributed by atoms with Crippen LogP contribution in [0.2, 0.25) is 0 Å². The van der Waals surface area contributed by atoms with Crippen molar-refractivity contribution in [2.75, 3.05) is 45.9 Å². The zero-order chi connectivity index (χ0) is 11.9. The molecule has 4 heteroatoms. The van der Waals surface area contributed by atoms with Crippen LogP contribution >= 0.6 is 0 Å². The lowest BCUT2D eigenvalue weighted by atomic mass is 9.85. The summed E-state index contributed by atoms with van der Waals surface area (Å²) < 4.78 is 5.33. The molecule has 99 valence electrons. The quantitative estimate of drug-likeness (QED) is 0.710. The topological polar surface area (TPSA) is 52.6 Å². The summed E-state index contributed by atoms with van der Waals surface area (Å²) in [4.78, 5) is 2.44. The number of morpholine rings is 1. The molecule has 1 aliphatic carbocycles. The standard InChI is InChI=1S/C13H26N3O/c14-13-4-2-1-3-12(13)11-15-5-6-16-7-9-17-10-8-16/h12-13H,1-11,14H2/t12-,13-/m0/s1. The molecule has 17 heavy (non-hydrogen) atoms. The molecule has 0 amide bonds. The van der Waals surface area contributed by atoms with Gasteiger partial charge in [0, 0.05) is 38.8 Å². The SMILES string of the molecule is N[C@H]1CCCC[C@H]1C[N]CCN1CCOCC1. The largest absolute Gasteiger partial charge is 0.379 e. The molecule has 0 aromatic rings. The van der Waals surface area contributed by atoms with Crippen LogP contribution in [0.4, 0.5) is 0 Å². The van der Waals surface area contributed by atoms with E-state index >= 15 is 0 Å². The monoisotopic (exact) mass is 240 g/mol. The van der Waals surface area contributed by atoms with E-state index in [1.54, 1.807) is 0 Å². The lowest BCUT2D eigenvalue weighted by Gasteiger charge is -2.29. The Morgan fingerprint density at radius 3 is 2.71 bits per heavy atom.